The highest BCUT2D eigenvalue weighted by Gasteiger charge is 2.26. The van der Waals surface area contributed by atoms with Crippen LogP contribution in [-0.2, 0) is 0 Å². The highest BCUT2D eigenvalue weighted by Crippen LogP contribution is 2.20. The molecule has 0 aliphatic rings. The van der Waals surface area contributed by atoms with Crippen molar-refractivity contribution in [3.05, 3.63) is 17.3 Å². The zero-order valence-electron chi connectivity index (χ0n) is 9.29. The molecule has 1 unspecified atom stereocenters. The number of hydrogen-bond donors (Lipinski definition) is 2. The zero-order chi connectivity index (χ0) is 11.5. The van der Waals surface area contributed by atoms with Gasteiger partial charge in [0.1, 0.15) is 5.82 Å². The van der Waals surface area contributed by atoms with Crippen molar-refractivity contribution in [2.75, 3.05) is 11.9 Å². The molecule has 1 heterocycles. The Bertz CT molecular complexity index is 312. The van der Waals surface area contributed by atoms with E-state index in [9.17, 15) is 0 Å². The molecule has 3 N–H and O–H groups in total. The van der Waals surface area contributed by atoms with Crippen LogP contribution >= 0.6 is 11.6 Å². The molecule has 0 radical (unpaired) electrons. The summed E-state index contributed by atoms with van der Waals surface area (Å²) in [5.74, 6) is 1.10. The van der Waals surface area contributed by atoms with E-state index in [1.807, 2.05) is 0 Å². The van der Waals surface area contributed by atoms with Crippen molar-refractivity contribution < 1.29 is 0 Å². The Morgan fingerprint density at radius 3 is 2.53 bits per heavy atom. The first-order valence-corrected chi connectivity index (χ1v) is 5.33. The van der Waals surface area contributed by atoms with Gasteiger partial charge in [0, 0.05) is 6.54 Å². The van der Waals surface area contributed by atoms with Gasteiger partial charge in [-0.1, -0.05) is 25.4 Å². The van der Waals surface area contributed by atoms with E-state index in [-0.39, 0.29) is 5.54 Å². The molecule has 0 fully saturated rings. The monoisotopic (exact) mass is 228 g/mol. The van der Waals surface area contributed by atoms with E-state index >= 15 is 0 Å². The summed E-state index contributed by atoms with van der Waals surface area (Å²) in [6.07, 6.45) is 0. The van der Waals surface area contributed by atoms with E-state index in [0.717, 1.165) is 0 Å². The van der Waals surface area contributed by atoms with Gasteiger partial charge < -0.3 is 11.1 Å². The Kier molecular flexibility index (Phi) is 3.88. The van der Waals surface area contributed by atoms with Crippen LogP contribution in [0.4, 0.5) is 5.82 Å². The predicted molar refractivity (Wildman–Crippen MR) is 63.0 cm³/mol. The average Bonchev–Trinajstić information content (AvgIpc) is 2.21. The first-order chi connectivity index (χ1) is 6.98. The third kappa shape index (κ3) is 3.04. The second kappa shape index (κ2) is 4.77. The minimum atomic E-state index is -0.178. The first-order valence-electron chi connectivity index (χ1n) is 4.95. The Labute approximate surface area is 95.2 Å². The lowest BCUT2D eigenvalue weighted by Gasteiger charge is -2.33. The Balaban J connectivity index is 2.79. The third-order valence-corrected chi connectivity index (χ3v) is 2.95. The maximum atomic E-state index is 5.75. The standard InChI is InChI=1S/C10H17ClN4/c1-7(2)10(3,6-12)13-9-5-4-8(11)14-15-9/h4-5,7H,6,12H2,1-3H3,(H,13,15). The van der Waals surface area contributed by atoms with Gasteiger partial charge in [0.15, 0.2) is 5.15 Å². The normalized spacial score (nSPS) is 15.1. The quantitative estimate of drug-likeness (QED) is 0.827. The molecule has 1 aromatic rings. The molecular weight excluding hydrogens is 212 g/mol. The van der Waals surface area contributed by atoms with Crippen LogP contribution in [0.2, 0.25) is 5.15 Å². The molecule has 0 spiro atoms. The maximum absolute atomic E-state index is 5.75. The van der Waals surface area contributed by atoms with Crippen LogP contribution in [-0.4, -0.2) is 22.3 Å². The number of hydrogen-bond acceptors (Lipinski definition) is 4. The summed E-state index contributed by atoms with van der Waals surface area (Å²) < 4.78 is 0. The van der Waals surface area contributed by atoms with E-state index < -0.39 is 0 Å². The van der Waals surface area contributed by atoms with Gasteiger partial charge in [0.05, 0.1) is 5.54 Å². The third-order valence-electron chi connectivity index (χ3n) is 2.74. The Hall–Kier alpha value is -0.870. The molecule has 0 saturated carbocycles. The zero-order valence-corrected chi connectivity index (χ0v) is 10.0. The second-order valence-electron chi connectivity index (χ2n) is 4.14. The van der Waals surface area contributed by atoms with Gasteiger partial charge in [-0.25, -0.2) is 0 Å². The molecule has 0 amide bonds. The summed E-state index contributed by atoms with van der Waals surface area (Å²) in [6.45, 7) is 6.83. The number of rotatable bonds is 4. The maximum Gasteiger partial charge on any atom is 0.151 e. The van der Waals surface area contributed by atoms with Crippen LogP contribution in [0, 0.1) is 5.92 Å². The SMILES string of the molecule is CC(C)C(C)(CN)Nc1ccc(Cl)nn1. The predicted octanol–water partition coefficient (Wildman–Crippen LogP) is 1.92. The number of halogens is 1. The summed E-state index contributed by atoms with van der Waals surface area (Å²) in [5, 5.41) is 11.4. The molecule has 5 heteroatoms. The lowest BCUT2D eigenvalue weighted by molar-refractivity contribution is 0.381. The Morgan fingerprint density at radius 2 is 2.13 bits per heavy atom. The summed E-state index contributed by atoms with van der Waals surface area (Å²) in [6, 6.07) is 3.50. The van der Waals surface area contributed by atoms with Crippen LogP contribution in [0.1, 0.15) is 20.8 Å². The van der Waals surface area contributed by atoms with Gasteiger partial charge in [0.2, 0.25) is 0 Å². The summed E-state index contributed by atoms with van der Waals surface area (Å²) >= 11 is 5.65. The van der Waals surface area contributed by atoms with E-state index in [1.54, 1.807) is 12.1 Å². The van der Waals surface area contributed by atoms with Crippen molar-refractivity contribution in [2.24, 2.45) is 11.7 Å². The van der Waals surface area contributed by atoms with Gasteiger partial charge in [-0.3, -0.25) is 0 Å². The van der Waals surface area contributed by atoms with Crippen LogP contribution in [0.3, 0.4) is 0 Å². The fraction of sp³-hybridized carbons (Fsp3) is 0.600. The van der Waals surface area contributed by atoms with Crippen LogP contribution in [0.5, 0.6) is 0 Å². The molecule has 1 atom stereocenters. The lowest BCUT2D eigenvalue weighted by Crippen LogP contribution is -2.47. The van der Waals surface area contributed by atoms with Crippen molar-refractivity contribution >= 4 is 17.4 Å². The molecule has 0 saturated heterocycles. The number of anilines is 1. The molecule has 0 aromatic carbocycles. The molecule has 0 aliphatic carbocycles. The van der Waals surface area contributed by atoms with Gasteiger partial charge in [0.25, 0.3) is 0 Å². The topological polar surface area (TPSA) is 63.8 Å². The van der Waals surface area contributed by atoms with Gasteiger partial charge in [-0.05, 0) is 25.0 Å². The van der Waals surface area contributed by atoms with Crippen molar-refractivity contribution in [1.29, 1.82) is 0 Å². The molecule has 4 nitrogen and oxygen atoms in total. The highest BCUT2D eigenvalue weighted by molar-refractivity contribution is 6.29. The molecule has 0 aliphatic heterocycles. The number of aromatic nitrogens is 2. The van der Waals surface area contributed by atoms with Crippen molar-refractivity contribution in [3.8, 4) is 0 Å². The number of nitrogens with one attached hydrogen (secondary N) is 1. The number of nitrogens with two attached hydrogens (primary N) is 1. The summed E-state index contributed by atoms with van der Waals surface area (Å²) in [5.41, 5.74) is 5.57. The fourth-order valence-corrected chi connectivity index (χ4v) is 1.21. The van der Waals surface area contributed by atoms with Crippen molar-refractivity contribution in [1.82, 2.24) is 10.2 Å². The summed E-state index contributed by atoms with van der Waals surface area (Å²) in [7, 11) is 0. The van der Waals surface area contributed by atoms with Crippen LogP contribution < -0.4 is 11.1 Å². The number of nitrogens with zero attached hydrogens (tertiary/aromatic N) is 2. The van der Waals surface area contributed by atoms with E-state index in [0.29, 0.717) is 23.4 Å². The minimum Gasteiger partial charge on any atom is -0.362 e. The first kappa shape index (κ1) is 12.2. The van der Waals surface area contributed by atoms with Gasteiger partial charge in [-0.2, -0.15) is 0 Å². The molecule has 0 bridgehead atoms. The van der Waals surface area contributed by atoms with Crippen LogP contribution in [0.25, 0.3) is 0 Å². The average molecular weight is 229 g/mol. The summed E-state index contributed by atoms with van der Waals surface area (Å²) in [4.78, 5) is 0. The van der Waals surface area contributed by atoms with E-state index in [4.69, 9.17) is 17.3 Å². The fourth-order valence-electron chi connectivity index (χ4n) is 1.11. The minimum absolute atomic E-state index is 0.178. The largest absolute Gasteiger partial charge is 0.362 e. The molecule has 84 valence electrons. The highest BCUT2D eigenvalue weighted by atomic mass is 35.5. The van der Waals surface area contributed by atoms with E-state index in [2.05, 4.69) is 36.3 Å². The van der Waals surface area contributed by atoms with E-state index in [1.165, 1.54) is 0 Å². The molecule has 1 rings (SSSR count). The molecule has 1 aromatic heterocycles. The van der Waals surface area contributed by atoms with Gasteiger partial charge >= 0.3 is 0 Å². The second-order valence-corrected chi connectivity index (χ2v) is 4.53. The smallest absolute Gasteiger partial charge is 0.151 e. The molecular formula is C10H17ClN4. The van der Waals surface area contributed by atoms with Crippen molar-refractivity contribution in [3.63, 3.8) is 0 Å². The molecule has 15 heavy (non-hydrogen) atoms. The lowest BCUT2D eigenvalue weighted by atomic mass is 9.88. The Morgan fingerprint density at radius 1 is 1.47 bits per heavy atom. The van der Waals surface area contributed by atoms with Gasteiger partial charge in [-0.15, -0.1) is 10.2 Å². The van der Waals surface area contributed by atoms with Crippen LogP contribution in [0.15, 0.2) is 12.1 Å². The van der Waals surface area contributed by atoms with Crippen molar-refractivity contribution in [2.45, 2.75) is 26.3 Å².